The second kappa shape index (κ2) is 16.9. The molecule has 6 nitrogen and oxygen atoms in total. The second-order valence-electron chi connectivity index (χ2n) is 22.8. The van der Waals surface area contributed by atoms with E-state index >= 15 is 0 Å². The van der Waals surface area contributed by atoms with Gasteiger partial charge in [-0.1, -0.05) is 126 Å². The molecule has 7 heteroatoms. The Bertz CT molecular complexity index is 3550. The van der Waals surface area contributed by atoms with Crippen molar-refractivity contribution >= 4 is 66.3 Å². The van der Waals surface area contributed by atoms with Crippen molar-refractivity contribution in [3.63, 3.8) is 0 Å². The Morgan fingerprint density at radius 1 is 0.449 bits per heavy atom. The zero-order valence-corrected chi connectivity index (χ0v) is 44.1. The van der Waals surface area contributed by atoms with Crippen molar-refractivity contribution in [1.82, 2.24) is 14.1 Å². The molecule has 3 heterocycles. The number of hydrogen-bond acceptors (Lipinski definition) is 4. The van der Waals surface area contributed by atoms with Gasteiger partial charge in [0.1, 0.15) is 11.5 Å². The van der Waals surface area contributed by atoms with E-state index < -0.39 is 0 Å². The van der Waals surface area contributed by atoms with Crippen LogP contribution in [0.1, 0.15) is 111 Å². The van der Waals surface area contributed by atoms with Gasteiger partial charge in [0, 0.05) is 71.4 Å². The topological polar surface area (TPSA) is 75.6 Å². The van der Waals surface area contributed by atoms with E-state index in [-0.39, 0.29) is 54.2 Å². The van der Waals surface area contributed by atoms with Gasteiger partial charge in [-0.2, -0.15) is 0 Å². The maximum Gasteiger partial charge on any atom is 0.127 e. The van der Waals surface area contributed by atoms with E-state index in [1.54, 1.807) is 6.21 Å². The van der Waals surface area contributed by atoms with Gasteiger partial charge in [-0.15, -0.1) is 0 Å². The molecular weight excluding hydrogens is 1030 g/mol. The standard InChI is InChI=1S/C62H62N4O2.Pt/c1-59(2,3)38-19-25-52-46(30-38)47-31-39(60(4,5)6)20-26-53(47)65(52)43-23-24-45(56(67)34-43)50-17-14-16-42(64-50)36-63-51-18-13-15-37-29-44(35-57(68)58(37)51)66-54-27-21-40(61(7,8)9)32-48(54)49-33-41(62(10,11)12)22-28-55(49)66;/h13-36,67-68H,1-12H3;. The number of phenols is 2. The summed E-state index contributed by atoms with van der Waals surface area (Å²) in [7, 11) is 0. The van der Waals surface area contributed by atoms with Gasteiger partial charge in [0.2, 0.25) is 0 Å². The second-order valence-corrected chi connectivity index (χ2v) is 22.8. The van der Waals surface area contributed by atoms with Crippen molar-refractivity contribution in [3.05, 3.63) is 167 Å². The number of pyridine rings is 1. The third kappa shape index (κ3) is 8.56. The van der Waals surface area contributed by atoms with Crippen LogP contribution in [-0.2, 0) is 42.7 Å². The number of aromatic hydroxyl groups is 2. The van der Waals surface area contributed by atoms with Crippen molar-refractivity contribution in [1.29, 1.82) is 0 Å². The van der Waals surface area contributed by atoms with Crippen LogP contribution < -0.4 is 0 Å². The van der Waals surface area contributed by atoms with E-state index in [1.165, 1.54) is 43.8 Å². The summed E-state index contributed by atoms with van der Waals surface area (Å²) in [6.45, 7) is 27.0. The number of nitrogens with zero attached hydrogens (tertiary/aromatic N) is 4. The van der Waals surface area contributed by atoms with Gasteiger partial charge < -0.3 is 19.3 Å². The van der Waals surface area contributed by atoms with Crippen LogP contribution in [-0.4, -0.2) is 30.5 Å². The van der Waals surface area contributed by atoms with Gasteiger partial charge in [-0.3, -0.25) is 4.99 Å². The minimum absolute atomic E-state index is 0. The summed E-state index contributed by atoms with van der Waals surface area (Å²) in [6.07, 6.45) is 1.72. The van der Waals surface area contributed by atoms with Crippen LogP contribution in [0.15, 0.2) is 145 Å². The molecule has 0 fully saturated rings. The SMILES string of the molecule is CC(C)(C)c1ccc2c(c1)c1cc(C(C)(C)C)ccc1n2-c1ccc(-c2cccc(C=Nc3cccc4cc(-n5c6ccc(C(C)(C)C)cc6c6cc(C(C)(C)C)ccc65)cc(O)c34)n2)c(O)c1.[Pt]. The Morgan fingerprint density at radius 3 is 1.33 bits per heavy atom. The van der Waals surface area contributed by atoms with Crippen molar-refractivity contribution in [2.75, 3.05) is 0 Å². The molecule has 10 aromatic rings. The Hall–Kier alpha value is -6.49. The molecule has 0 radical (unpaired) electrons. The normalized spacial score (nSPS) is 12.9. The monoisotopic (exact) mass is 1090 g/mol. The third-order valence-corrected chi connectivity index (χ3v) is 13.8. The first kappa shape index (κ1) is 47.6. The number of aliphatic imine (C=N–C) groups is 1. The fraction of sp³-hybridized carbons (Fsp3) is 0.258. The van der Waals surface area contributed by atoms with Crippen molar-refractivity contribution < 1.29 is 31.3 Å². The number of phenolic OH excluding ortho intramolecular Hbond substituents is 2. The number of fused-ring (bicyclic) bond motifs is 7. The molecule has 0 unspecified atom stereocenters. The van der Waals surface area contributed by atoms with E-state index in [2.05, 4.69) is 177 Å². The predicted molar refractivity (Wildman–Crippen MR) is 288 cm³/mol. The number of hydrogen-bond donors (Lipinski definition) is 2. The summed E-state index contributed by atoms with van der Waals surface area (Å²) in [5.74, 6) is 0.288. The van der Waals surface area contributed by atoms with Crippen LogP contribution in [0.2, 0.25) is 0 Å². The van der Waals surface area contributed by atoms with Crippen molar-refractivity contribution in [2.45, 2.75) is 105 Å². The minimum atomic E-state index is -0.00330. The van der Waals surface area contributed by atoms with E-state index in [1.807, 2.05) is 54.6 Å². The minimum Gasteiger partial charge on any atom is -0.507 e. The Labute approximate surface area is 420 Å². The molecule has 10 rings (SSSR count). The predicted octanol–water partition coefficient (Wildman–Crippen LogP) is 16.4. The van der Waals surface area contributed by atoms with Gasteiger partial charge in [-0.05, 0) is 134 Å². The fourth-order valence-corrected chi connectivity index (χ4v) is 9.76. The zero-order chi connectivity index (χ0) is 48.2. The molecule has 0 amide bonds. The molecule has 0 aliphatic heterocycles. The molecular formula is C62H62N4O2Pt. The van der Waals surface area contributed by atoms with Crippen LogP contribution in [0.25, 0.3) is 77.0 Å². The van der Waals surface area contributed by atoms with E-state index in [0.29, 0.717) is 28.0 Å². The van der Waals surface area contributed by atoms with Gasteiger partial charge in [0.25, 0.3) is 0 Å². The molecule has 7 aromatic carbocycles. The zero-order valence-electron chi connectivity index (χ0n) is 41.9. The smallest absolute Gasteiger partial charge is 0.127 e. The first-order valence-corrected chi connectivity index (χ1v) is 23.8. The van der Waals surface area contributed by atoms with Crippen LogP contribution in [0.5, 0.6) is 11.5 Å². The molecule has 0 aliphatic carbocycles. The summed E-state index contributed by atoms with van der Waals surface area (Å²) >= 11 is 0. The summed E-state index contributed by atoms with van der Waals surface area (Å²) < 4.78 is 4.52. The van der Waals surface area contributed by atoms with Gasteiger partial charge in [0.05, 0.1) is 51.0 Å². The van der Waals surface area contributed by atoms with Crippen LogP contribution in [0.4, 0.5) is 5.69 Å². The van der Waals surface area contributed by atoms with E-state index in [9.17, 15) is 10.2 Å². The summed E-state index contributed by atoms with van der Waals surface area (Å²) in [4.78, 5) is 9.85. The van der Waals surface area contributed by atoms with Crippen LogP contribution in [0, 0.1) is 0 Å². The fourth-order valence-electron chi connectivity index (χ4n) is 9.76. The number of aromatic nitrogens is 3. The summed E-state index contributed by atoms with van der Waals surface area (Å²) in [6, 6.07) is 48.6. The summed E-state index contributed by atoms with van der Waals surface area (Å²) in [5, 5.41) is 29.9. The maximum absolute atomic E-state index is 11.9. The van der Waals surface area contributed by atoms with E-state index in [0.717, 1.165) is 38.8 Å². The summed E-state index contributed by atoms with van der Waals surface area (Å²) in [5.41, 5.74) is 13.8. The Balaban J connectivity index is 0.00000593. The molecule has 3 aromatic heterocycles. The molecule has 2 N–H and O–H groups in total. The van der Waals surface area contributed by atoms with Gasteiger partial charge in [0.15, 0.2) is 0 Å². The van der Waals surface area contributed by atoms with E-state index in [4.69, 9.17) is 9.98 Å². The molecule has 0 saturated carbocycles. The first-order chi connectivity index (χ1) is 32.0. The molecule has 0 bridgehead atoms. The largest absolute Gasteiger partial charge is 0.507 e. The molecule has 69 heavy (non-hydrogen) atoms. The third-order valence-electron chi connectivity index (χ3n) is 13.8. The quantitative estimate of drug-likeness (QED) is 0.169. The van der Waals surface area contributed by atoms with Crippen molar-refractivity contribution in [3.8, 4) is 34.1 Å². The van der Waals surface area contributed by atoms with Crippen molar-refractivity contribution in [2.24, 2.45) is 4.99 Å². The molecule has 0 aliphatic rings. The average molecular weight is 1090 g/mol. The number of rotatable bonds is 5. The molecule has 0 spiro atoms. The molecule has 352 valence electrons. The maximum atomic E-state index is 11.9. The first-order valence-electron chi connectivity index (χ1n) is 23.8. The Kier molecular flexibility index (Phi) is 11.6. The average Bonchev–Trinajstić information content (AvgIpc) is 3.78. The van der Waals surface area contributed by atoms with Crippen LogP contribution in [0.3, 0.4) is 0 Å². The van der Waals surface area contributed by atoms with Gasteiger partial charge >= 0.3 is 0 Å². The van der Waals surface area contributed by atoms with Crippen LogP contribution >= 0.6 is 0 Å². The Morgan fingerprint density at radius 2 is 0.884 bits per heavy atom. The molecule has 0 saturated heterocycles. The number of benzene rings is 7. The van der Waals surface area contributed by atoms with Gasteiger partial charge in [-0.25, -0.2) is 4.98 Å². The molecule has 0 atom stereocenters.